The molecule has 0 aliphatic carbocycles. The van der Waals surface area contributed by atoms with Crippen LogP contribution in [0, 0.1) is 25.5 Å². The maximum atomic E-state index is 13.3. The number of rotatable bonds is 4. The second-order valence-electron chi connectivity index (χ2n) is 7.24. The van der Waals surface area contributed by atoms with Crippen molar-refractivity contribution in [3.05, 3.63) is 108 Å². The van der Waals surface area contributed by atoms with Crippen LogP contribution in [0.1, 0.15) is 11.1 Å². The Hall–Kier alpha value is -3.11. The van der Waals surface area contributed by atoms with Gasteiger partial charge < -0.3 is 0 Å². The highest BCUT2D eigenvalue weighted by Crippen LogP contribution is 2.30. The van der Waals surface area contributed by atoms with E-state index in [4.69, 9.17) is 0 Å². The first kappa shape index (κ1) is 20.2. The van der Waals surface area contributed by atoms with E-state index in [0.717, 1.165) is 33.4 Å². The van der Waals surface area contributed by atoms with E-state index in [-0.39, 0.29) is 11.6 Å². The van der Waals surface area contributed by atoms with Crippen LogP contribution in [0.15, 0.2) is 94.7 Å². The van der Waals surface area contributed by atoms with E-state index in [9.17, 15) is 13.0 Å². The van der Waals surface area contributed by atoms with Gasteiger partial charge in [0.25, 0.3) is 0 Å². The van der Waals surface area contributed by atoms with Crippen LogP contribution < -0.4 is 0 Å². The van der Waals surface area contributed by atoms with Gasteiger partial charge in [0.2, 0.25) is 0 Å². The SMILES string of the molecule is Cc1ccc(S(=O)c2ccc(C)c(-c3ccc(F)cc3)c2)cc1-c1ccc(F)cc1. The lowest BCUT2D eigenvalue weighted by molar-refractivity contribution is 0.627. The van der Waals surface area contributed by atoms with Crippen molar-refractivity contribution < 1.29 is 13.0 Å². The summed E-state index contributed by atoms with van der Waals surface area (Å²) < 4.78 is 39.9. The van der Waals surface area contributed by atoms with E-state index < -0.39 is 10.8 Å². The predicted octanol–water partition coefficient (Wildman–Crippen LogP) is 7.08. The zero-order valence-electron chi connectivity index (χ0n) is 16.7. The van der Waals surface area contributed by atoms with Gasteiger partial charge in [-0.25, -0.2) is 13.0 Å². The van der Waals surface area contributed by atoms with Crippen LogP contribution in [-0.4, -0.2) is 4.21 Å². The molecule has 1 nitrogen and oxygen atoms in total. The molecule has 0 bridgehead atoms. The molecular formula is C26H20F2OS. The number of hydrogen-bond donors (Lipinski definition) is 0. The molecule has 30 heavy (non-hydrogen) atoms. The molecule has 0 atom stereocenters. The Morgan fingerprint density at radius 2 is 0.933 bits per heavy atom. The third kappa shape index (κ3) is 4.10. The van der Waals surface area contributed by atoms with Crippen LogP contribution in [0.3, 0.4) is 0 Å². The second-order valence-corrected chi connectivity index (χ2v) is 8.72. The number of benzene rings is 4. The van der Waals surface area contributed by atoms with Crippen LogP contribution in [0.2, 0.25) is 0 Å². The summed E-state index contributed by atoms with van der Waals surface area (Å²) in [5, 5.41) is 0. The van der Waals surface area contributed by atoms with Gasteiger partial charge >= 0.3 is 0 Å². The lowest BCUT2D eigenvalue weighted by Crippen LogP contribution is -1.96. The monoisotopic (exact) mass is 418 g/mol. The first-order valence-electron chi connectivity index (χ1n) is 9.57. The predicted molar refractivity (Wildman–Crippen MR) is 118 cm³/mol. The van der Waals surface area contributed by atoms with Gasteiger partial charge in [-0.1, -0.05) is 36.4 Å². The average molecular weight is 419 g/mol. The zero-order valence-corrected chi connectivity index (χ0v) is 17.5. The largest absolute Gasteiger partial charge is 0.249 e. The fourth-order valence-electron chi connectivity index (χ4n) is 3.45. The molecule has 0 amide bonds. The summed E-state index contributed by atoms with van der Waals surface area (Å²) in [4.78, 5) is 1.35. The minimum atomic E-state index is -1.39. The van der Waals surface area contributed by atoms with Crippen molar-refractivity contribution in [1.29, 1.82) is 0 Å². The first-order valence-corrected chi connectivity index (χ1v) is 10.7. The first-order chi connectivity index (χ1) is 14.4. The highest BCUT2D eigenvalue weighted by molar-refractivity contribution is 7.85. The maximum Gasteiger partial charge on any atom is 0.123 e. The van der Waals surface area contributed by atoms with E-state index in [1.165, 1.54) is 24.3 Å². The molecule has 4 aromatic carbocycles. The molecular weight excluding hydrogens is 398 g/mol. The molecule has 0 saturated heterocycles. The van der Waals surface area contributed by atoms with E-state index in [1.807, 2.05) is 50.2 Å². The van der Waals surface area contributed by atoms with Crippen LogP contribution in [0.5, 0.6) is 0 Å². The molecule has 4 rings (SSSR count). The minimum absolute atomic E-state index is 0.288. The molecule has 0 fully saturated rings. The van der Waals surface area contributed by atoms with E-state index in [1.54, 1.807) is 24.3 Å². The summed E-state index contributed by atoms with van der Waals surface area (Å²) in [6.45, 7) is 3.95. The normalized spacial score (nSPS) is 11.1. The highest BCUT2D eigenvalue weighted by atomic mass is 32.2. The smallest absolute Gasteiger partial charge is 0.123 e. The van der Waals surface area contributed by atoms with Crippen LogP contribution in [0.25, 0.3) is 22.3 Å². The third-order valence-corrected chi connectivity index (χ3v) is 6.52. The van der Waals surface area contributed by atoms with Gasteiger partial charge in [-0.15, -0.1) is 0 Å². The van der Waals surface area contributed by atoms with Crippen LogP contribution in [0.4, 0.5) is 8.78 Å². The Labute approximate surface area is 177 Å². The molecule has 0 heterocycles. The van der Waals surface area contributed by atoms with E-state index >= 15 is 0 Å². The summed E-state index contributed by atoms with van der Waals surface area (Å²) in [7, 11) is -1.39. The molecule has 0 aromatic heterocycles. The molecule has 0 aliphatic heterocycles. The molecule has 0 aliphatic rings. The topological polar surface area (TPSA) is 17.1 Å². The van der Waals surface area contributed by atoms with Crippen molar-refractivity contribution in [2.24, 2.45) is 0 Å². The molecule has 4 aromatic rings. The van der Waals surface area contributed by atoms with Gasteiger partial charge in [-0.05, 0) is 95.8 Å². The Morgan fingerprint density at radius 3 is 1.30 bits per heavy atom. The summed E-state index contributed by atoms with van der Waals surface area (Å²) in [6.07, 6.45) is 0. The van der Waals surface area contributed by atoms with Crippen LogP contribution in [-0.2, 0) is 10.8 Å². The van der Waals surface area contributed by atoms with Crippen molar-refractivity contribution in [3.8, 4) is 22.3 Å². The molecule has 150 valence electrons. The summed E-state index contributed by atoms with van der Waals surface area (Å²) >= 11 is 0. The second kappa shape index (κ2) is 8.33. The number of hydrogen-bond acceptors (Lipinski definition) is 1. The van der Waals surface area contributed by atoms with Gasteiger partial charge in [-0.2, -0.15) is 0 Å². The van der Waals surface area contributed by atoms with Crippen molar-refractivity contribution in [1.82, 2.24) is 0 Å². The molecule has 4 heteroatoms. The van der Waals surface area contributed by atoms with Gasteiger partial charge in [0, 0.05) is 9.79 Å². The molecule has 0 saturated carbocycles. The van der Waals surface area contributed by atoms with Gasteiger partial charge in [0.1, 0.15) is 11.6 Å². The molecule has 0 spiro atoms. The number of halogens is 2. The lowest BCUT2D eigenvalue weighted by Gasteiger charge is -2.12. The van der Waals surface area contributed by atoms with Gasteiger partial charge in [-0.3, -0.25) is 0 Å². The quantitative estimate of drug-likeness (QED) is 0.346. The lowest BCUT2D eigenvalue weighted by atomic mass is 10.0. The van der Waals surface area contributed by atoms with E-state index in [2.05, 4.69) is 0 Å². The minimum Gasteiger partial charge on any atom is -0.249 e. The summed E-state index contributed by atoms with van der Waals surface area (Å²) in [5.41, 5.74) is 5.65. The zero-order chi connectivity index (χ0) is 21.3. The van der Waals surface area contributed by atoms with Crippen molar-refractivity contribution >= 4 is 10.8 Å². The Kier molecular flexibility index (Phi) is 5.60. The maximum absolute atomic E-state index is 13.3. The Bertz CT molecular complexity index is 1130. The number of aryl methyl sites for hydroxylation is 2. The standard InChI is InChI=1S/C26H20F2OS/c1-17-3-13-23(15-25(17)19-5-9-21(27)10-6-19)30(29)24-14-4-18(2)26(16-24)20-7-11-22(28)12-8-20/h3-16H,1-2H3. The molecule has 0 N–H and O–H groups in total. The fourth-order valence-corrected chi connectivity index (χ4v) is 4.56. The molecule has 0 unspecified atom stereocenters. The summed E-state index contributed by atoms with van der Waals surface area (Å²) in [6, 6.07) is 24.0. The van der Waals surface area contributed by atoms with Crippen molar-refractivity contribution in [2.75, 3.05) is 0 Å². The third-order valence-electron chi connectivity index (χ3n) is 5.16. The summed E-state index contributed by atoms with van der Waals surface area (Å²) in [5.74, 6) is -0.576. The van der Waals surface area contributed by atoms with Crippen molar-refractivity contribution in [3.63, 3.8) is 0 Å². The van der Waals surface area contributed by atoms with Gasteiger partial charge in [0.15, 0.2) is 0 Å². The van der Waals surface area contributed by atoms with Crippen molar-refractivity contribution in [2.45, 2.75) is 23.6 Å². The van der Waals surface area contributed by atoms with E-state index in [0.29, 0.717) is 9.79 Å². The Morgan fingerprint density at radius 1 is 0.567 bits per heavy atom. The molecule has 0 radical (unpaired) electrons. The van der Waals surface area contributed by atoms with Crippen LogP contribution >= 0.6 is 0 Å². The highest BCUT2D eigenvalue weighted by Gasteiger charge is 2.13. The fraction of sp³-hybridized carbons (Fsp3) is 0.0769. The van der Waals surface area contributed by atoms with Gasteiger partial charge in [0.05, 0.1) is 10.8 Å². The average Bonchev–Trinajstić information content (AvgIpc) is 2.75. The Balaban J connectivity index is 1.73.